The minimum Gasteiger partial charge on any atom is -0.456 e. The first-order valence-corrected chi connectivity index (χ1v) is 9.41. The Balaban J connectivity index is 1.75. The van der Waals surface area contributed by atoms with Gasteiger partial charge >= 0.3 is 13.1 Å². The molecule has 0 aromatic heterocycles. The Bertz CT molecular complexity index is 679. The number of esters is 1. The second-order valence-corrected chi connectivity index (χ2v) is 8.73. The maximum absolute atomic E-state index is 14.6. The highest BCUT2D eigenvalue weighted by atomic mass is 19.1. The lowest BCUT2D eigenvalue weighted by Gasteiger charge is -2.33. The van der Waals surface area contributed by atoms with Crippen molar-refractivity contribution in [3.8, 4) is 0 Å². The molecule has 142 valence electrons. The van der Waals surface area contributed by atoms with Crippen LogP contribution in [-0.2, 0) is 14.0 Å². The van der Waals surface area contributed by atoms with E-state index in [0.29, 0.717) is 5.46 Å². The van der Waals surface area contributed by atoms with Crippen LogP contribution in [0.1, 0.15) is 77.1 Å². The van der Waals surface area contributed by atoms with Crippen molar-refractivity contribution in [3.63, 3.8) is 0 Å². The van der Waals surface area contributed by atoms with Crippen molar-refractivity contribution in [1.29, 1.82) is 0 Å². The summed E-state index contributed by atoms with van der Waals surface area (Å²) in [5.41, 5.74) is -0.979. The second-order valence-electron chi connectivity index (χ2n) is 8.73. The summed E-state index contributed by atoms with van der Waals surface area (Å²) in [6.07, 6.45) is 4.88. The molecule has 2 aliphatic rings. The average molecular weight is 362 g/mol. The van der Waals surface area contributed by atoms with Gasteiger partial charge in [0.05, 0.1) is 16.8 Å². The highest BCUT2D eigenvalue weighted by Crippen LogP contribution is 2.36. The lowest BCUT2D eigenvalue weighted by Crippen LogP contribution is -2.41. The number of carbonyl (C=O) groups excluding carboxylic acids is 1. The summed E-state index contributed by atoms with van der Waals surface area (Å²) >= 11 is 0. The maximum Gasteiger partial charge on any atom is 0.494 e. The van der Waals surface area contributed by atoms with Crippen molar-refractivity contribution in [2.24, 2.45) is 0 Å². The fourth-order valence-electron chi connectivity index (χ4n) is 3.50. The molecule has 0 radical (unpaired) electrons. The van der Waals surface area contributed by atoms with E-state index in [9.17, 15) is 9.18 Å². The third-order valence-corrected chi connectivity index (χ3v) is 5.99. The number of hydrogen-bond donors (Lipinski definition) is 0. The van der Waals surface area contributed by atoms with Crippen LogP contribution in [0.3, 0.4) is 0 Å². The molecule has 0 spiro atoms. The van der Waals surface area contributed by atoms with E-state index in [2.05, 4.69) is 0 Å². The van der Waals surface area contributed by atoms with Crippen molar-refractivity contribution in [2.45, 2.75) is 83.5 Å². The Kier molecular flexibility index (Phi) is 4.95. The van der Waals surface area contributed by atoms with E-state index in [-0.39, 0.29) is 5.56 Å². The number of benzene rings is 1. The normalized spacial score (nSPS) is 23.7. The Morgan fingerprint density at radius 2 is 1.62 bits per heavy atom. The molecule has 2 fully saturated rings. The molecule has 0 unspecified atom stereocenters. The topological polar surface area (TPSA) is 44.8 Å². The van der Waals surface area contributed by atoms with Gasteiger partial charge in [0, 0.05) is 0 Å². The van der Waals surface area contributed by atoms with Crippen LogP contribution >= 0.6 is 0 Å². The van der Waals surface area contributed by atoms with Crippen LogP contribution in [0.4, 0.5) is 4.39 Å². The minimum absolute atomic E-state index is 0.0444. The summed E-state index contributed by atoms with van der Waals surface area (Å²) < 4.78 is 32.1. The Labute approximate surface area is 155 Å². The van der Waals surface area contributed by atoms with E-state index in [1.807, 2.05) is 34.6 Å². The van der Waals surface area contributed by atoms with Crippen molar-refractivity contribution in [2.75, 3.05) is 0 Å². The molecule has 6 heteroatoms. The van der Waals surface area contributed by atoms with Gasteiger partial charge in [0.25, 0.3) is 0 Å². The predicted molar refractivity (Wildman–Crippen MR) is 99.0 cm³/mol. The monoisotopic (exact) mass is 362 g/mol. The highest BCUT2D eigenvalue weighted by Gasteiger charge is 2.51. The van der Waals surface area contributed by atoms with E-state index >= 15 is 0 Å². The van der Waals surface area contributed by atoms with Gasteiger partial charge in [-0.2, -0.15) is 0 Å². The van der Waals surface area contributed by atoms with Gasteiger partial charge in [-0.1, -0.05) is 12.5 Å². The van der Waals surface area contributed by atoms with Crippen LogP contribution in [0, 0.1) is 5.82 Å². The molecule has 1 aromatic rings. The SMILES string of the molecule is CC1(OC(=O)c2ccc(B3OC(C)(C)C(C)(C)O3)cc2F)CCCCC1. The first-order valence-electron chi connectivity index (χ1n) is 9.41. The summed E-state index contributed by atoms with van der Waals surface area (Å²) in [6, 6.07) is 4.44. The van der Waals surface area contributed by atoms with Gasteiger partial charge in [0.2, 0.25) is 0 Å². The smallest absolute Gasteiger partial charge is 0.456 e. The number of carbonyl (C=O) groups is 1. The minimum atomic E-state index is -0.657. The summed E-state index contributed by atoms with van der Waals surface area (Å²) in [5.74, 6) is -1.21. The van der Waals surface area contributed by atoms with E-state index in [4.69, 9.17) is 14.0 Å². The largest absolute Gasteiger partial charge is 0.494 e. The third-order valence-electron chi connectivity index (χ3n) is 5.99. The Morgan fingerprint density at radius 1 is 1.04 bits per heavy atom. The number of halogens is 1. The summed E-state index contributed by atoms with van der Waals surface area (Å²) in [6.45, 7) is 9.71. The van der Waals surface area contributed by atoms with Crippen molar-refractivity contribution in [1.82, 2.24) is 0 Å². The molecule has 0 atom stereocenters. The van der Waals surface area contributed by atoms with Gasteiger partial charge in [-0.3, -0.25) is 0 Å². The molecule has 1 heterocycles. The molecule has 0 N–H and O–H groups in total. The van der Waals surface area contributed by atoms with Gasteiger partial charge in [0.1, 0.15) is 11.4 Å². The molecule has 0 bridgehead atoms. The van der Waals surface area contributed by atoms with Gasteiger partial charge in [-0.05, 0) is 77.9 Å². The van der Waals surface area contributed by atoms with Crippen LogP contribution in [0.5, 0.6) is 0 Å². The first kappa shape index (κ1) is 19.4. The molecule has 1 aromatic carbocycles. The molecule has 26 heavy (non-hydrogen) atoms. The quantitative estimate of drug-likeness (QED) is 0.602. The molecule has 1 saturated carbocycles. The van der Waals surface area contributed by atoms with Gasteiger partial charge in [-0.25, -0.2) is 9.18 Å². The molecule has 0 amide bonds. The van der Waals surface area contributed by atoms with Crippen LogP contribution in [-0.4, -0.2) is 29.9 Å². The number of ether oxygens (including phenoxy) is 1. The van der Waals surface area contributed by atoms with Crippen LogP contribution in [0.2, 0.25) is 0 Å². The predicted octanol–water partition coefficient (Wildman–Crippen LogP) is 4.00. The lowest BCUT2D eigenvalue weighted by atomic mass is 9.78. The lowest BCUT2D eigenvalue weighted by molar-refractivity contribution is -0.0273. The summed E-state index contributed by atoms with van der Waals surface area (Å²) in [7, 11) is -0.657. The first-order chi connectivity index (χ1) is 12.0. The summed E-state index contributed by atoms with van der Waals surface area (Å²) in [4.78, 5) is 12.5. The Hall–Kier alpha value is -1.40. The molecular formula is C20H28BFO4. The van der Waals surface area contributed by atoms with Gasteiger partial charge in [0.15, 0.2) is 0 Å². The average Bonchev–Trinajstić information content (AvgIpc) is 2.75. The molecule has 1 aliphatic heterocycles. The van der Waals surface area contributed by atoms with E-state index in [0.717, 1.165) is 32.1 Å². The maximum atomic E-state index is 14.6. The van der Waals surface area contributed by atoms with Crippen LogP contribution in [0.25, 0.3) is 0 Å². The van der Waals surface area contributed by atoms with Crippen molar-refractivity contribution < 1.29 is 23.2 Å². The third kappa shape index (κ3) is 3.67. The Morgan fingerprint density at radius 3 is 2.15 bits per heavy atom. The van der Waals surface area contributed by atoms with Crippen molar-refractivity contribution >= 4 is 18.6 Å². The van der Waals surface area contributed by atoms with E-state index in [1.165, 1.54) is 12.1 Å². The molecular weight excluding hydrogens is 334 g/mol. The summed E-state index contributed by atoms with van der Waals surface area (Å²) in [5, 5.41) is 0. The molecule has 1 saturated heterocycles. The van der Waals surface area contributed by atoms with E-state index in [1.54, 1.807) is 6.07 Å². The fraction of sp³-hybridized carbons (Fsp3) is 0.650. The number of hydrogen-bond acceptors (Lipinski definition) is 4. The molecule has 1 aliphatic carbocycles. The van der Waals surface area contributed by atoms with Gasteiger partial charge < -0.3 is 14.0 Å². The highest BCUT2D eigenvalue weighted by molar-refractivity contribution is 6.62. The van der Waals surface area contributed by atoms with Gasteiger partial charge in [-0.15, -0.1) is 0 Å². The number of rotatable bonds is 3. The van der Waals surface area contributed by atoms with Crippen molar-refractivity contribution in [3.05, 3.63) is 29.6 Å². The standard InChI is InChI=1S/C20H28BFO4/c1-18(2)19(3,4)26-21(25-18)14-9-10-15(16(22)13-14)17(23)24-20(5)11-7-6-8-12-20/h9-10,13H,6-8,11-12H2,1-5H3. The molecule has 4 nitrogen and oxygen atoms in total. The van der Waals surface area contributed by atoms with Crippen LogP contribution in [0.15, 0.2) is 18.2 Å². The molecule has 3 rings (SSSR count). The van der Waals surface area contributed by atoms with Crippen LogP contribution < -0.4 is 5.46 Å². The zero-order chi connectivity index (χ0) is 19.2. The fourth-order valence-corrected chi connectivity index (χ4v) is 3.50. The van der Waals surface area contributed by atoms with E-state index < -0.39 is 35.7 Å². The zero-order valence-electron chi connectivity index (χ0n) is 16.4. The zero-order valence-corrected chi connectivity index (χ0v) is 16.4. The second kappa shape index (κ2) is 6.64.